The second-order valence-electron chi connectivity index (χ2n) is 8.20. The van der Waals surface area contributed by atoms with Crippen molar-refractivity contribution in [3.8, 4) is 17.4 Å². The second-order valence-corrected chi connectivity index (χ2v) is 8.20. The number of hydrogen-bond acceptors (Lipinski definition) is 8. The molecule has 3 heterocycles. The Balaban J connectivity index is 1.46. The van der Waals surface area contributed by atoms with E-state index in [1.807, 2.05) is 0 Å². The molecule has 5 rings (SSSR count). The Hall–Kier alpha value is -4.44. The van der Waals surface area contributed by atoms with Crippen LogP contribution in [-0.2, 0) is 17.8 Å². The summed E-state index contributed by atoms with van der Waals surface area (Å²) >= 11 is 0. The van der Waals surface area contributed by atoms with Gasteiger partial charge in [-0.15, -0.1) is 9.73 Å². The molecule has 0 bridgehead atoms. The van der Waals surface area contributed by atoms with E-state index in [4.69, 9.17) is 9.47 Å². The van der Waals surface area contributed by atoms with Gasteiger partial charge in [0.2, 0.25) is 5.91 Å². The van der Waals surface area contributed by atoms with Crippen LogP contribution in [0.2, 0.25) is 0 Å². The first-order valence-electron chi connectivity index (χ1n) is 11.1. The SMILES string of the molecule is C=CC(=O)Nc1cccc(Oc2nc(Nc3cc4c(cc3OC)CN(C)CC4)nn3nccc23)c1. The summed E-state index contributed by atoms with van der Waals surface area (Å²) in [6.45, 7) is 5.35. The van der Waals surface area contributed by atoms with Crippen LogP contribution < -0.4 is 20.1 Å². The predicted molar refractivity (Wildman–Crippen MR) is 132 cm³/mol. The third-order valence-electron chi connectivity index (χ3n) is 5.71. The van der Waals surface area contributed by atoms with Crippen LogP contribution in [0, 0.1) is 0 Å². The van der Waals surface area contributed by atoms with E-state index < -0.39 is 0 Å². The van der Waals surface area contributed by atoms with Crippen LogP contribution in [0.15, 0.2) is 61.3 Å². The first kappa shape index (κ1) is 22.4. The molecule has 0 spiro atoms. The highest BCUT2D eigenvalue weighted by atomic mass is 16.5. The highest BCUT2D eigenvalue weighted by Gasteiger charge is 2.18. The maximum absolute atomic E-state index is 11.6. The molecule has 2 N–H and O–H groups in total. The van der Waals surface area contributed by atoms with Gasteiger partial charge in [0.25, 0.3) is 11.8 Å². The van der Waals surface area contributed by atoms with Crippen molar-refractivity contribution in [1.29, 1.82) is 0 Å². The lowest BCUT2D eigenvalue weighted by atomic mass is 9.99. The number of anilines is 3. The molecule has 10 heteroatoms. The van der Waals surface area contributed by atoms with E-state index in [1.165, 1.54) is 21.8 Å². The normalized spacial score (nSPS) is 13.2. The Bertz CT molecular complexity index is 1420. The van der Waals surface area contributed by atoms with Crippen molar-refractivity contribution in [3.63, 3.8) is 0 Å². The van der Waals surface area contributed by atoms with Gasteiger partial charge in [-0.1, -0.05) is 12.6 Å². The number of nitrogens with zero attached hydrogens (tertiary/aromatic N) is 5. The van der Waals surface area contributed by atoms with Crippen LogP contribution in [0.4, 0.5) is 17.3 Å². The fourth-order valence-corrected chi connectivity index (χ4v) is 3.98. The molecule has 1 aliphatic rings. The summed E-state index contributed by atoms with van der Waals surface area (Å²) in [6, 6.07) is 12.9. The number of amides is 1. The summed E-state index contributed by atoms with van der Waals surface area (Å²) in [5.74, 6) is 1.51. The molecule has 1 aliphatic heterocycles. The minimum Gasteiger partial charge on any atom is -0.495 e. The van der Waals surface area contributed by atoms with Crippen LogP contribution in [0.25, 0.3) is 5.52 Å². The number of nitrogens with one attached hydrogen (secondary N) is 2. The van der Waals surface area contributed by atoms with Gasteiger partial charge in [0.05, 0.1) is 19.0 Å². The van der Waals surface area contributed by atoms with Gasteiger partial charge in [-0.3, -0.25) is 4.79 Å². The number of benzene rings is 2. The molecule has 0 atom stereocenters. The monoisotopic (exact) mass is 471 g/mol. The van der Waals surface area contributed by atoms with Gasteiger partial charge in [-0.25, -0.2) is 0 Å². The number of hydrogen-bond donors (Lipinski definition) is 2. The quantitative estimate of drug-likeness (QED) is 0.392. The number of methoxy groups -OCH3 is 1. The zero-order valence-corrected chi connectivity index (χ0v) is 19.5. The molecule has 178 valence electrons. The molecular formula is C25H25N7O3. The molecule has 35 heavy (non-hydrogen) atoms. The van der Waals surface area contributed by atoms with Crippen molar-refractivity contribution in [1.82, 2.24) is 24.7 Å². The van der Waals surface area contributed by atoms with Crippen molar-refractivity contribution >= 4 is 28.7 Å². The lowest BCUT2D eigenvalue weighted by Crippen LogP contribution is -2.26. The Kier molecular flexibility index (Phi) is 6.02. The van der Waals surface area contributed by atoms with Crippen molar-refractivity contribution in [2.75, 3.05) is 31.3 Å². The topological polar surface area (TPSA) is 106 Å². The zero-order valence-electron chi connectivity index (χ0n) is 19.5. The molecule has 10 nitrogen and oxygen atoms in total. The van der Waals surface area contributed by atoms with Gasteiger partial charge in [0.15, 0.2) is 0 Å². The fraction of sp³-hybridized carbons (Fsp3) is 0.200. The van der Waals surface area contributed by atoms with Gasteiger partial charge in [-0.05, 0) is 61.0 Å². The predicted octanol–water partition coefficient (Wildman–Crippen LogP) is 3.78. The van der Waals surface area contributed by atoms with Crippen molar-refractivity contribution in [3.05, 3.63) is 72.4 Å². The zero-order chi connectivity index (χ0) is 24.4. The highest BCUT2D eigenvalue weighted by Crippen LogP contribution is 2.34. The van der Waals surface area contributed by atoms with Crippen LogP contribution in [-0.4, -0.2) is 51.3 Å². The van der Waals surface area contributed by atoms with E-state index in [2.05, 4.69) is 56.5 Å². The van der Waals surface area contributed by atoms with Gasteiger partial charge in [0.1, 0.15) is 17.0 Å². The van der Waals surface area contributed by atoms with Crippen molar-refractivity contribution in [2.24, 2.45) is 0 Å². The Morgan fingerprint density at radius 2 is 2.09 bits per heavy atom. The molecule has 0 unspecified atom stereocenters. The van der Waals surface area contributed by atoms with E-state index in [0.717, 1.165) is 25.2 Å². The van der Waals surface area contributed by atoms with E-state index >= 15 is 0 Å². The lowest BCUT2D eigenvalue weighted by molar-refractivity contribution is -0.111. The van der Waals surface area contributed by atoms with Gasteiger partial charge < -0.3 is 25.0 Å². The Labute approximate surface area is 202 Å². The number of rotatable bonds is 7. The molecule has 2 aromatic carbocycles. The smallest absolute Gasteiger partial charge is 0.250 e. The fourth-order valence-electron chi connectivity index (χ4n) is 3.98. The average Bonchev–Trinajstić information content (AvgIpc) is 3.33. The Morgan fingerprint density at radius 1 is 1.20 bits per heavy atom. The summed E-state index contributed by atoms with van der Waals surface area (Å²) in [4.78, 5) is 18.5. The first-order chi connectivity index (χ1) is 17.0. The summed E-state index contributed by atoms with van der Waals surface area (Å²) in [7, 11) is 3.75. The van der Waals surface area contributed by atoms with Gasteiger partial charge in [-0.2, -0.15) is 10.1 Å². The number of carbonyl (C=O) groups excluding carboxylic acids is 1. The summed E-state index contributed by atoms with van der Waals surface area (Å²) in [6.07, 6.45) is 3.78. The maximum atomic E-state index is 11.6. The van der Waals surface area contributed by atoms with Crippen molar-refractivity contribution in [2.45, 2.75) is 13.0 Å². The maximum Gasteiger partial charge on any atom is 0.250 e. The molecule has 2 aromatic heterocycles. The second kappa shape index (κ2) is 9.43. The number of fused-ring (bicyclic) bond motifs is 2. The van der Waals surface area contributed by atoms with Crippen LogP contribution in [0.3, 0.4) is 0 Å². The van der Waals surface area contributed by atoms with E-state index in [-0.39, 0.29) is 5.91 Å². The Morgan fingerprint density at radius 3 is 2.91 bits per heavy atom. The van der Waals surface area contributed by atoms with Gasteiger partial charge in [0, 0.05) is 24.8 Å². The largest absolute Gasteiger partial charge is 0.495 e. The minimum absolute atomic E-state index is 0.304. The molecule has 0 fully saturated rings. The van der Waals surface area contributed by atoms with Crippen LogP contribution in [0.5, 0.6) is 17.4 Å². The van der Waals surface area contributed by atoms with E-state index in [9.17, 15) is 4.79 Å². The number of carbonyl (C=O) groups is 1. The lowest BCUT2D eigenvalue weighted by Gasteiger charge is -2.26. The highest BCUT2D eigenvalue weighted by molar-refractivity contribution is 5.98. The molecule has 1 amide bonds. The van der Waals surface area contributed by atoms with Gasteiger partial charge >= 0.3 is 0 Å². The van der Waals surface area contributed by atoms with Crippen LogP contribution >= 0.6 is 0 Å². The molecule has 0 aliphatic carbocycles. The molecule has 0 radical (unpaired) electrons. The van der Waals surface area contributed by atoms with E-state index in [1.54, 1.807) is 43.6 Å². The summed E-state index contributed by atoms with van der Waals surface area (Å²) in [5.41, 5.74) is 4.45. The average molecular weight is 472 g/mol. The van der Waals surface area contributed by atoms with Crippen molar-refractivity contribution < 1.29 is 14.3 Å². The number of likely N-dealkylation sites (N-methyl/N-ethyl adjacent to an activating group) is 1. The third kappa shape index (κ3) is 4.78. The first-order valence-corrected chi connectivity index (χ1v) is 11.1. The minimum atomic E-state index is -0.306. The summed E-state index contributed by atoms with van der Waals surface area (Å²) in [5, 5.41) is 14.7. The molecule has 0 saturated carbocycles. The number of ether oxygens (including phenoxy) is 2. The standard InChI is InChI=1S/C25H25N7O3/c1-4-23(33)27-18-6-5-7-19(14-18)35-24-21-8-10-26-32(21)30-25(29-24)28-20-12-16-9-11-31(2)15-17(16)13-22(20)34-3/h4-8,10,12-14H,1,9,11,15H2,2-3H3,(H,27,33)(H,28,30). The summed E-state index contributed by atoms with van der Waals surface area (Å²) < 4.78 is 13.2. The van der Waals surface area contributed by atoms with E-state index in [0.29, 0.717) is 34.5 Å². The number of aromatic nitrogens is 4. The third-order valence-corrected chi connectivity index (χ3v) is 5.71. The molecule has 0 saturated heterocycles. The molecule has 4 aromatic rings. The van der Waals surface area contributed by atoms with Crippen LogP contribution in [0.1, 0.15) is 11.1 Å². The molecular weight excluding hydrogens is 446 g/mol.